The number of benzene rings is 3. The van der Waals surface area contributed by atoms with Crippen LogP contribution in [0.2, 0.25) is 5.02 Å². The predicted octanol–water partition coefficient (Wildman–Crippen LogP) is 4.95. The number of nitrogens with zero attached hydrogens (tertiary/aromatic N) is 1. The zero-order valence-electron chi connectivity index (χ0n) is 22.6. The first kappa shape index (κ1) is 29.6. The number of aromatic nitrogens is 1. The van der Waals surface area contributed by atoms with Crippen molar-refractivity contribution in [3.8, 4) is 11.8 Å². The Bertz CT molecular complexity index is 1740. The molecule has 1 aromatic heterocycles. The summed E-state index contributed by atoms with van der Waals surface area (Å²) in [7, 11) is -4.15. The second-order valence-electron chi connectivity index (χ2n) is 9.52. The van der Waals surface area contributed by atoms with Gasteiger partial charge in [0.2, 0.25) is 5.91 Å². The van der Waals surface area contributed by atoms with E-state index in [1.54, 1.807) is 0 Å². The minimum atomic E-state index is -4.15. The van der Waals surface area contributed by atoms with Crippen molar-refractivity contribution in [1.82, 2.24) is 15.0 Å². The van der Waals surface area contributed by atoms with E-state index in [1.807, 2.05) is 61.0 Å². The average Bonchev–Trinajstić information content (AvgIpc) is 3.32. The van der Waals surface area contributed by atoms with Gasteiger partial charge in [0.15, 0.2) is 0 Å². The molecule has 4 rings (SSSR count). The van der Waals surface area contributed by atoms with Crippen LogP contribution in [0.1, 0.15) is 45.6 Å². The fraction of sp³-hybridized carbons (Fsp3) is 0.233. The van der Waals surface area contributed by atoms with E-state index in [2.05, 4.69) is 10.3 Å². The Kier molecular flexibility index (Phi) is 9.32. The third-order valence-electron chi connectivity index (χ3n) is 6.45. The Morgan fingerprint density at radius 3 is 2.51 bits per heavy atom. The number of amides is 2. The van der Waals surface area contributed by atoms with Gasteiger partial charge in [-0.1, -0.05) is 35.9 Å². The number of nitrogens with one attached hydrogen (secondary N) is 3. The van der Waals surface area contributed by atoms with Crippen LogP contribution in [-0.4, -0.2) is 38.4 Å². The van der Waals surface area contributed by atoms with Crippen LogP contribution < -0.4 is 14.8 Å². The molecule has 0 saturated carbocycles. The van der Waals surface area contributed by atoms with Crippen molar-refractivity contribution in [2.75, 3.05) is 13.2 Å². The maximum absolute atomic E-state index is 13.1. The summed E-state index contributed by atoms with van der Waals surface area (Å²) in [5.74, 6) is -0.452. The van der Waals surface area contributed by atoms with Gasteiger partial charge >= 0.3 is 0 Å². The lowest BCUT2D eigenvalue weighted by molar-refractivity contribution is -0.119. The number of carbonyl (C=O) groups is 2. The molecule has 0 saturated heterocycles. The van der Waals surface area contributed by atoms with E-state index < -0.39 is 21.8 Å². The SMILES string of the molecule is Cc1cc(OCCCc2c(C(=O)NCCC(=O)NS(=O)(=O)c3cccc(C#N)c3)[nH]c3ccccc23)cc(C)c1Cl. The third-order valence-corrected chi connectivity index (χ3v) is 8.42. The molecular weight excluding hydrogens is 564 g/mol. The molecule has 0 unspecified atom stereocenters. The van der Waals surface area contributed by atoms with Crippen molar-refractivity contribution in [2.24, 2.45) is 0 Å². The second-order valence-corrected chi connectivity index (χ2v) is 11.6. The Labute approximate surface area is 243 Å². The van der Waals surface area contributed by atoms with Crippen LogP contribution >= 0.6 is 11.6 Å². The summed E-state index contributed by atoms with van der Waals surface area (Å²) in [6.07, 6.45) is 0.959. The number of H-pyrrole nitrogens is 1. The number of carbonyl (C=O) groups excluding carboxylic acids is 2. The molecule has 0 atom stereocenters. The molecule has 0 aliphatic carbocycles. The number of halogens is 1. The zero-order chi connectivity index (χ0) is 29.6. The van der Waals surface area contributed by atoms with Crippen LogP contribution in [0.5, 0.6) is 5.75 Å². The van der Waals surface area contributed by atoms with E-state index in [9.17, 15) is 18.0 Å². The first-order valence-corrected chi connectivity index (χ1v) is 14.8. The van der Waals surface area contributed by atoms with Crippen molar-refractivity contribution < 1.29 is 22.7 Å². The largest absolute Gasteiger partial charge is 0.494 e. The van der Waals surface area contributed by atoms with Gasteiger partial charge in [-0.2, -0.15) is 5.26 Å². The van der Waals surface area contributed by atoms with Gasteiger partial charge in [-0.15, -0.1) is 0 Å². The molecule has 0 spiro atoms. The number of sulfonamides is 1. The maximum Gasteiger partial charge on any atom is 0.268 e. The van der Waals surface area contributed by atoms with Crippen LogP contribution in [-0.2, 0) is 21.2 Å². The van der Waals surface area contributed by atoms with Crippen LogP contribution in [0.4, 0.5) is 0 Å². The number of para-hydroxylation sites is 1. The highest BCUT2D eigenvalue weighted by molar-refractivity contribution is 7.90. The molecule has 3 N–H and O–H groups in total. The van der Waals surface area contributed by atoms with E-state index in [-0.39, 0.29) is 23.4 Å². The number of hydrogen-bond donors (Lipinski definition) is 3. The molecular formula is C30H29ClN4O5S. The summed E-state index contributed by atoms with van der Waals surface area (Å²) in [6, 6.07) is 18.6. The highest BCUT2D eigenvalue weighted by atomic mass is 35.5. The fourth-order valence-electron chi connectivity index (χ4n) is 4.45. The number of aryl methyl sites for hydroxylation is 3. The predicted molar refractivity (Wildman–Crippen MR) is 156 cm³/mol. The smallest absolute Gasteiger partial charge is 0.268 e. The number of nitriles is 1. The summed E-state index contributed by atoms with van der Waals surface area (Å²) in [5, 5.41) is 13.3. The molecule has 9 nitrogen and oxygen atoms in total. The molecule has 4 aromatic rings. The Hall–Kier alpha value is -4.33. The number of aromatic amines is 1. The highest BCUT2D eigenvalue weighted by Crippen LogP contribution is 2.27. The first-order chi connectivity index (χ1) is 19.6. The van der Waals surface area contributed by atoms with E-state index >= 15 is 0 Å². The number of hydrogen-bond acceptors (Lipinski definition) is 6. The molecule has 3 aromatic carbocycles. The molecule has 11 heteroatoms. The summed E-state index contributed by atoms with van der Waals surface area (Å²) < 4.78 is 32.9. The first-order valence-electron chi connectivity index (χ1n) is 12.9. The van der Waals surface area contributed by atoms with Crippen molar-refractivity contribution in [3.63, 3.8) is 0 Å². The van der Waals surface area contributed by atoms with Gasteiger partial charge in [0.1, 0.15) is 11.4 Å². The van der Waals surface area contributed by atoms with Gasteiger partial charge in [0, 0.05) is 28.9 Å². The van der Waals surface area contributed by atoms with Crippen molar-refractivity contribution >= 4 is 44.3 Å². The van der Waals surface area contributed by atoms with Crippen molar-refractivity contribution in [1.29, 1.82) is 5.26 Å². The lowest BCUT2D eigenvalue weighted by atomic mass is 10.1. The van der Waals surface area contributed by atoms with Gasteiger partial charge in [-0.05, 0) is 79.8 Å². The monoisotopic (exact) mass is 592 g/mol. The molecule has 41 heavy (non-hydrogen) atoms. The molecule has 0 bridgehead atoms. The Morgan fingerprint density at radius 1 is 1.05 bits per heavy atom. The van der Waals surface area contributed by atoms with E-state index in [0.717, 1.165) is 38.4 Å². The normalized spacial score (nSPS) is 11.2. The van der Waals surface area contributed by atoms with Gasteiger partial charge in [0.05, 0.1) is 23.1 Å². The molecule has 1 heterocycles. The summed E-state index contributed by atoms with van der Waals surface area (Å²) >= 11 is 6.24. The van der Waals surface area contributed by atoms with Crippen LogP contribution in [0.15, 0.2) is 65.6 Å². The standard InChI is InChI=1S/C30H29ClN4O5S/c1-19-15-22(16-20(2)28(19)31)40-14-6-10-25-24-9-3-4-11-26(24)34-29(25)30(37)33-13-12-27(36)35-41(38,39)23-8-5-7-21(17-23)18-32/h3-5,7-9,11,15-17,34H,6,10,12-14H2,1-2H3,(H,33,37)(H,35,36). The number of rotatable bonds is 11. The van der Waals surface area contributed by atoms with E-state index in [4.69, 9.17) is 21.6 Å². The molecule has 0 fully saturated rings. The Morgan fingerprint density at radius 2 is 1.78 bits per heavy atom. The van der Waals surface area contributed by atoms with E-state index in [1.165, 1.54) is 24.3 Å². The number of ether oxygens (including phenoxy) is 1. The van der Waals surface area contributed by atoms with Crippen LogP contribution in [0, 0.1) is 25.2 Å². The molecule has 0 radical (unpaired) electrons. The fourth-order valence-corrected chi connectivity index (χ4v) is 5.62. The molecule has 2 amide bonds. The lowest BCUT2D eigenvalue weighted by Gasteiger charge is -2.11. The third kappa shape index (κ3) is 7.25. The van der Waals surface area contributed by atoms with Crippen LogP contribution in [0.3, 0.4) is 0 Å². The highest BCUT2D eigenvalue weighted by Gasteiger charge is 2.20. The lowest BCUT2D eigenvalue weighted by Crippen LogP contribution is -2.34. The molecule has 0 aliphatic heterocycles. The van der Waals surface area contributed by atoms with Crippen LogP contribution in [0.25, 0.3) is 10.9 Å². The van der Waals surface area contributed by atoms with E-state index in [0.29, 0.717) is 25.1 Å². The Balaban J connectivity index is 1.36. The minimum Gasteiger partial charge on any atom is -0.494 e. The summed E-state index contributed by atoms with van der Waals surface area (Å²) in [5.41, 5.74) is 4.05. The average molecular weight is 593 g/mol. The zero-order valence-corrected chi connectivity index (χ0v) is 24.2. The summed E-state index contributed by atoms with van der Waals surface area (Å²) in [4.78, 5) is 28.4. The maximum atomic E-state index is 13.1. The quantitative estimate of drug-likeness (QED) is 0.211. The number of fused-ring (bicyclic) bond motifs is 1. The van der Waals surface area contributed by atoms with Gasteiger partial charge in [-0.25, -0.2) is 13.1 Å². The molecule has 0 aliphatic rings. The molecule has 212 valence electrons. The van der Waals surface area contributed by atoms with Crippen molar-refractivity contribution in [2.45, 2.75) is 38.0 Å². The van der Waals surface area contributed by atoms with Crippen molar-refractivity contribution in [3.05, 3.63) is 93.6 Å². The minimum absolute atomic E-state index is 0.0778. The second kappa shape index (κ2) is 12.9. The van der Waals surface area contributed by atoms with Gasteiger partial charge in [-0.3, -0.25) is 9.59 Å². The topological polar surface area (TPSA) is 141 Å². The van der Waals surface area contributed by atoms with Gasteiger partial charge in [0.25, 0.3) is 15.9 Å². The van der Waals surface area contributed by atoms with Gasteiger partial charge < -0.3 is 15.0 Å². The summed E-state index contributed by atoms with van der Waals surface area (Å²) in [6.45, 7) is 4.21.